The number of thiophene rings is 1. The lowest BCUT2D eigenvalue weighted by Gasteiger charge is -2.34. The van der Waals surface area contributed by atoms with Gasteiger partial charge in [-0.15, -0.1) is 11.3 Å². The lowest BCUT2D eigenvalue weighted by Crippen LogP contribution is -2.43. The molecule has 0 bridgehead atoms. The van der Waals surface area contributed by atoms with Crippen LogP contribution in [-0.2, 0) is 4.74 Å². The van der Waals surface area contributed by atoms with Crippen LogP contribution in [0.3, 0.4) is 0 Å². The van der Waals surface area contributed by atoms with Gasteiger partial charge in [0.2, 0.25) is 0 Å². The number of benzene rings is 1. The van der Waals surface area contributed by atoms with Gasteiger partial charge < -0.3 is 19.2 Å². The first-order valence-electron chi connectivity index (χ1n) is 9.38. The summed E-state index contributed by atoms with van der Waals surface area (Å²) in [4.78, 5) is 16.5. The Balaban J connectivity index is 1.52. The highest BCUT2D eigenvalue weighted by Gasteiger charge is 2.25. The largest absolute Gasteiger partial charge is 0.497 e. The van der Waals surface area contributed by atoms with Crippen molar-refractivity contribution in [2.75, 3.05) is 40.0 Å². The molecule has 2 aromatic heterocycles. The molecule has 4 rings (SSSR count). The van der Waals surface area contributed by atoms with Crippen molar-refractivity contribution in [1.82, 2.24) is 10.2 Å². The number of rotatable bonds is 6. The van der Waals surface area contributed by atoms with E-state index in [4.69, 9.17) is 13.9 Å². The SMILES string of the molecule is COc1ccc2oc(C(=O)NCC(c3cccs3)N3CCOCC3)c(C)c2c1. The van der Waals surface area contributed by atoms with E-state index in [2.05, 4.69) is 21.7 Å². The number of methoxy groups -OCH3 is 1. The van der Waals surface area contributed by atoms with Crippen LogP contribution in [-0.4, -0.2) is 50.8 Å². The van der Waals surface area contributed by atoms with Gasteiger partial charge in [0.05, 0.1) is 26.4 Å². The Morgan fingerprint density at radius 1 is 1.32 bits per heavy atom. The summed E-state index contributed by atoms with van der Waals surface area (Å²) in [5, 5.41) is 6.04. The minimum absolute atomic E-state index is 0.137. The third kappa shape index (κ3) is 3.78. The van der Waals surface area contributed by atoms with Crippen molar-refractivity contribution < 1.29 is 18.7 Å². The number of hydrogen-bond donors (Lipinski definition) is 1. The highest BCUT2D eigenvalue weighted by Crippen LogP contribution is 2.29. The molecule has 1 atom stereocenters. The van der Waals surface area contributed by atoms with Crippen LogP contribution in [0.25, 0.3) is 11.0 Å². The summed E-state index contributed by atoms with van der Waals surface area (Å²) in [6, 6.07) is 9.87. The van der Waals surface area contributed by atoms with Crippen LogP contribution in [0.2, 0.25) is 0 Å². The molecule has 0 radical (unpaired) electrons. The second-order valence-electron chi connectivity index (χ2n) is 6.81. The van der Waals surface area contributed by atoms with Gasteiger partial charge in [-0.3, -0.25) is 9.69 Å². The van der Waals surface area contributed by atoms with E-state index in [1.165, 1.54) is 4.88 Å². The summed E-state index contributed by atoms with van der Waals surface area (Å²) >= 11 is 1.71. The quantitative estimate of drug-likeness (QED) is 0.685. The maximum atomic E-state index is 12.9. The molecular weight excluding hydrogens is 376 g/mol. The van der Waals surface area contributed by atoms with Crippen molar-refractivity contribution in [2.45, 2.75) is 13.0 Å². The second-order valence-corrected chi connectivity index (χ2v) is 7.79. The molecule has 1 amide bonds. The van der Waals surface area contributed by atoms with Gasteiger partial charge in [0.25, 0.3) is 5.91 Å². The fourth-order valence-corrected chi connectivity index (χ4v) is 4.45. The molecule has 1 aliphatic rings. The van der Waals surface area contributed by atoms with E-state index in [0.717, 1.165) is 43.0 Å². The Kier molecular flexibility index (Phi) is 5.66. The van der Waals surface area contributed by atoms with Crippen LogP contribution >= 0.6 is 11.3 Å². The smallest absolute Gasteiger partial charge is 0.287 e. The number of nitrogens with zero attached hydrogens (tertiary/aromatic N) is 1. The number of amides is 1. The number of hydrogen-bond acceptors (Lipinski definition) is 6. The Morgan fingerprint density at radius 3 is 2.86 bits per heavy atom. The van der Waals surface area contributed by atoms with Crippen LogP contribution in [0.15, 0.2) is 40.1 Å². The monoisotopic (exact) mass is 400 g/mol. The average Bonchev–Trinajstić information content (AvgIpc) is 3.37. The lowest BCUT2D eigenvalue weighted by molar-refractivity contribution is 0.0168. The van der Waals surface area contributed by atoms with E-state index in [9.17, 15) is 4.79 Å². The number of furan rings is 1. The number of ether oxygens (including phenoxy) is 2. The molecule has 148 valence electrons. The molecule has 28 heavy (non-hydrogen) atoms. The first-order chi connectivity index (χ1) is 13.7. The molecule has 3 heterocycles. The van der Waals surface area contributed by atoms with Crippen molar-refractivity contribution in [3.05, 3.63) is 51.9 Å². The summed E-state index contributed by atoms with van der Waals surface area (Å²) in [5.41, 5.74) is 1.51. The predicted molar refractivity (Wildman–Crippen MR) is 109 cm³/mol. The molecule has 0 saturated carbocycles. The Labute approximate surface area is 168 Å². The molecule has 3 aromatic rings. The van der Waals surface area contributed by atoms with Gasteiger partial charge in [-0.25, -0.2) is 0 Å². The third-order valence-electron chi connectivity index (χ3n) is 5.16. The molecule has 1 unspecified atom stereocenters. The maximum Gasteiger partial charge on any atom is 0.287 e. The van der Waals surface area contributed by atoms with Crippen LogP contribution in [0.1, 0.15) is 27.0 Å². The zero-order chi connectivity index (χ0) is 19.5. The van der Waals surface area contributed by atoms with Crippen molar-refractivity contribution in [3.63, 3.8) is 0 Å². The van der Waals surface area contributed by atoms with Crippen molar-refractivity contribution in [2.24, 2.45) is 0 Å². The Morgan fingerprint density at radius 2 is 2.14 bits per heavy atom. The van der Waals surface area contributed by atoms with Crippen LogP contribution < -0.4 is 10.1 Å². The molecule has 6 nitrogen and oxygen atoms in total. The Bertz CT molecular complexity index is 945. The number of morpholine rings is 1. The minimum atomic E-state index is -0.192. The summed E-state index contributed by atoms with van der Waals surface area (Å²) in [7, 11) is 1.63. The molecular formula is C21H24N2O4S. The van der Waals surface area contributed by atoms with Crippen molar-refractivity contribution >= 4 is 28.2 Å². The van der Waals surface area contributed by atoms with Gasteiger partial charge in [0.1, 0.15) is 11.3 Å². The summed E-state index contributed by atoms with van der Waals surface area (Å²) < 4.78 is 16.6. The van der Waals surface area contributed by atoms with Crippen LogP contribution in [0, 0.1) is 6.92 Å². The highest BCUT2D eigenvalue weighted by molar-refractivity contribution is 7.10. The van der Waals surface area contributed by atoms with Gasteiger partial charge in [-0.1, -0.05) is 6.07 Å². The van der Waals surface area contributed by atoms with Crippen molar-refractivity contribution in [1.29, 1.82) is 0 Å². The molecule has 1 fully saturated rings. The van der Waals surface area contributed by atoms with E-state index < -0.39 is 0 Å². The topological polar surface area (TPSA) is 63.9 Å². The molecule has 1 aromatic carbocycles. The third-order valence-corrected chi connectivity index (χ3v) is 6.14. The van der Waals surface area contributed by atoms with Gasteiger partial charge in [0, 0.05) is 35.5 Å². The normalized spacial score (nSPS) is 16.2. The van der Waals surface area contributed by atoms with Gasteiger partial charge in [0.15, 0.2) is 5.76 Å². The molecule has 0 aliphatic carbocycles. The molecule has 1 N–H and O–H groups in total. The first kappa shape index (κ1) is 19.0. The van der Waals surface area contributed by atoms with E-state index >= 15 is 0 Å². The number of carbonyl (C=O) groups is 1. The number of fused-ring (bicyclic) bond motifs is 1. The second kappa shape index (κ2) is 8.34. The number of nitrogens with one attached hydrogen (secondary N) is 1. The molecule has 1 saturated heterocycles. The summed E-state index contributed by atoms with van der Waals surface area (Å²) in [6.45, 7) is 5.60. The molecule has 7 heteroatoms. The zero-order valence-electron chi connectivity index (χ0n) is 16.1. The van der Waals surface area contributed by atoms with Crippen LogP contribution in [0.5, 0.6) is 5.75 Å². The lowest BCUT2D eigenvalue weighted by atomic mass is 10.1. The Hall–Kier alpha value is -2.35. The summed E-state index contributed by atoms with van der Waals surface area (Å²) in [5.74, 6) is 0.908. The van der Waals surface area contributed by atoms with Crippen molar-refractivity contribution in [3.8, 4) is 5.75 Å². The van der Waals surface area contributed by atoms with Gasteiger partial charge in [-0.05, 0) is 36.6 Å². The van der Waals surface area contributed by atoms with Gasteiger partial charge in [-0.2, -0.15) is 0 Å². The van der Waals surface area contributed by atoms with E-state index in [1.54, 1.807) is 18.4 Å². The van der Waals surface area contributed by atoms with E-state index in [0.29, 0.717) is 17.9 Å². The average molecular weight is 401 g/mol. The maximum absolute atomic E-state index is 12.9. The van der Waals surface area contributed by atoms with E-state index in [1.807, 2.05) is 31.2 Å². The molecule has 1 aliphatic heterocycles. The molecule has 0 spiro atoms. The standard InChI is InChI=1S/C21H24N2O4S/c1-14-16-12-15(25-2)5-6-18(16)27-20(14)21(24)22-13-17(19-4-3-11-28-19)23-7-9-26-10-8-23/h3-6,11-12,17H,7-10,13H2,1-2H3,(H,22,24). The fourth-order valence-electron chi connectivity index (χ4n) is 3.59. The summed E-state index contributed by atoms with van der Waals surface area (Å²) in [6.07, 6.45) is 0. The fraction of sp³-hybridized carbons (Fsp3) is 0.381. The van der Waals surface area contributed by atoms with Gasteiger partial charge >= 0.3 is 0 Å². The highest BCUT2D eigenvalue weighted by atomic mass is 32.1. The first-order valence-corrected chi connectivity index (χ1v) is 10.3. The van der Waals surface area contributed by atoms with Crippen LogP contribution in [0.4, 0.5) is 0 Å². The number of carbonyl (C=O) groups excluding carboxylic acids is 1. The van der Waals surface area contributed by atoms with E-state index in [-0.39, 0.29) is 11.9 Å². The minimum Gasteiger partial charge on any atom is -0.497 e. The predicted octanol–water partition coefficient (Wildman–Crippen LogP) is 3.61. The zero-order valence-corrected chi connectivity index (χ0v) is 16.9. The number of aryl methyl sites for hydroxylation is 1.